The highest BCUT2D eigenvalue weighted by molar-refractivity contribution is 8.00. The van der Waals surface area contributed by atoms with Crippen molar-refractivity contribution >= 4 is 46.8 Å². The molecule has 7 heteroatoms. The molecule has 2 aromatic carbocycles. The first-order chi connectivity index (χ1) is 14.7. The maximum absolute atomic E-state index is 13.3. The van der Waals surface area contributed by atoms with Gasteiger partial charge in [0.1, 0.15) is 6.04 Å². The molecule has 0 aliphatic heterocycles. The lowest BCUT2D eigenvalue weighted by Gasteiger charge is -2.31. The zero-order valence-corrected chi connectivity index (χ0v) is 20.8. The van der Waals surface area contributed by atoms with Crippen LogP contribution < -0.4 is 5.32 Å². The Morgan fingerprint density at radius 3 is 2.32 bits per heavy atom. The number of carbonyl (C=O) groups is 2. The van der Waals surface area contributed by atoms with Gasteiger partial charge in [0.05, 0.1) is 5.75 Å². The van der Waals surface area contributed by atoms with Crippen LogP contribution in [0.3, 0.4) is 0 Å². The summed E-state index contributed by atoms with van der Waals surface area (Å²) in [6, 6.07) is 12.7. The molecule has 0 aliphatic carbocycles. The maximum Gasteiger partial charge on any atom is 0.243 e. The van der Waals surface area contributed by atoms with Crippen LogP contribution in [0, 0.1) is 6.92 Å². The summed E-state index contributed by atoms with van der Waals surface area (Å²) < 4.78 is 0. The lowest BCUT2D eigenvalue weighted by atomic mass is 10.1. The highest BCUT2D eigenvalue weighted by atomic mass is 35.5. The molecule has 31 heavy (non-hydrogen) atoms. The van der Waals surface area contributed by atoms with Gasteiger partial charge in [-0.1, -0.05) is 60.8 Å². The van der Waals surface area contributed by atoms with Crippen LogP contribution in [0.5, 0.6) is 0 Å². The Bertz CT molecular complexity index is 890. The van der Waals surface area contributed by atoms with Crippen molar-refractivity contribution < 1.29 is 9.59 Å². The summed E-state index contributed by atoms with van der Waals surface area (Å²) in [5.74, 6) is -0.0140. The van der Waals surface area contributed by atoms with Gasteiger partial charge in [0, 0.05) is 27.5 Å². The van der Waals surface area contributed by atoms with Gasteiger partial charge < -0.3 is 10.2 Å². The van der Waals surface area contributed by atoms with Gasteiger partial charge >= 0.3 is 0 Å². The van der Waals surface area contributed by atoms with E-state index >= 15 is 0 Å². The Labute approximate surface area is 199 Å². The molecule has 4 nitrogen and oxygen atoms in total. The monoisotopic (exact) mass is 480 g/mol. The number of carbonyl (C=O) groups excluding carboxylic acids is 2. The fourth-order valence-electron chi connectivity index (χ4n) is 3.06. The van der Waals surface area contributed by atoms with Crippen molar-refractivity contribution in [1.29, 1.82) is 0 Å². The molecule has 2 amide bonds. The van der Waals surface area contributed by atoms with Crippen molar-refractivity contribution in [3.05, 3.63) is 63.6 Å². The molecule has 0 aliphatic rings. The van der Waals surface area contributed by atoms with Crippen LogP contribution in [0.25, 0.3) is 0 Å². The van der Waals surface area contributed by atoms with E-state index in [4.69, 9.17) is 23.2 Å². The number of aryl methyl sites for hydroxylation is 1. The second-order valence-corrected chi connectivity index (χ2v) is 9.49. The Morgan fingerprint density at radius 1 is 1.06 bits per heavy atom. The molecule has 0 radical (unpaired) electrons. The Morgan fingerprint density at radius 2 is 1.74 bits per heavy atom. The summed E-state index contributed by atoms with van der Waals surface area (Å²) in [6.45, 7) is 8.16. The van der Waals surface area contributed by atoms with Crippen LogP contribution in [-0.4, -0.2) is 34.6 Å². The number of halogens is 2. The fourth-order valence-corrected chi connectivity index (χ4v) is 4.31. The van der Waals surface area contributed by atoms with Crippen LogP contribution in [0.4, 0.5) is 0 Å². The third-order valence-corrected chi connectivity index (χ3v) is 6.71. The van der Waals surface area contributed by atoms with E-state index in [9.17, 15) is 9.59 Å². The van der Waals surface area contributed by atoms with Crippen LogP contribution in [0.1, 0.15) is 44.7 Å². The highest BCUT2D eigenvalue weighted by Gasteiger charge is 2.29. The Kier molecular flexibility index (Phi) is 10.2. The van der Waals surface area contributed by atoms with Crippen molar-refractivity contribution in [3.63, 3.8) is 0 Å². The topological polar surface area (TPSA) is 49.4 Å². The maximum atomic E-state index is 13.3. The number of benzene rings is 2. The summed E-state index contributed by atoms with van der Waals surface area (Å²) in [7, 11) is 0. The number of rotatable bonds is 10. The average Bonchev–Trinajstić information content (AvgIpc) is 2.74. The zero-order valence-electron chi connectivity index (χ0n) is 18.5. The smallest absolute Gasteiger partial charge is 0.243 e. The predicted molar refractivity (Wildman–Crippen MR) is 131 cm³/mol. The van der Waals surface area contributed by atoms with Gasteiger partial charge in [0.25, 0.3) is 0 Å². The number of hydrogen-bond donors (Lipinski definition) is 1. The zero-order chi connectivity index (χ0) is 23.0. The standard InChI is InChI=1S/C24H30Cl2N2O2S/c1-5-17(4)27-24(30)22(6-2)28(14-18-9-10-19(25)13-21(18)26)23(29)15-31-20-11-7-16(3)8-12-20/h7-13,17,22H,5-6,14-15H2,1-4H3,(H,27,30)/t17-,22+/m1/s1. The largest absolute Gasteiger partial charge is 0.352 e. The van der Waals surface area contributed by atoms with Crippen LogP contribution in [0.2, 0.25) is 10.0 Å². The quantitative estimate of drug-likeness (QED) is 0.416. The van der Waals surface area contributed by atoms with Crippen molar-refractivity contribution in [2.24, 2.45) is 0 Å². The lowest BCUT2D eigenvalue weighted by Crippen LogP contribution is -2.51. The van der Waals surface area contributed by atoms with Gasteiger partial charge in [-0.2, -0.15) is 0 Å². The van der Waals surface area contributed by atoms with Crippen molar-refractivity contribution in [1.82, 2.24) is 10.2 Å². The fraction of sp³-hybridized carbons (Fsp3) is 0.417. The van der Waals surface area contributed by atoms with E-state index in [-0.39, 0.29) is 30.2 Å². The lowest BCUT2D eigenvalue weighted by molar-refractivity contribution is -0.139. The second kappa shape index (κ2) is 12.4. The minimum atomic E-state index is -0.577. The molecule has 2 rings (SSSR count). The molecule has 0 spiro atoms. The van der Waals surface area contributed by atoms with E-state index in [0.29, 0.717) is 16.5 Å². The van der Waals surface area contributed by atoms with E-state index in [2.05, 4.69) is 5.32 Å². The molecule has 2 aromatic rings. The van der Waals surface area contributed by atoms with Crippen molar-refractivity contribution in [2.45, 2.75) is 64.1 Å². The predicted octanol–water partition coefficient (Wildman–Crippen LogP) is 6.12. The number of amides is 2. The number of nitrogens with zero attached hydrogens (tertiary/aromatic N) is 1. The third-order valence-electron chi connectivity index (χ3n) is 5.13. The van der Waals surface area contributed by atoms with Crippen LogP contribution in [-0.2, 0) is 16.1 Å². The summed E-state index contributed by atoms with van der Waals surface area (Å²) >= 11 is 13.9. The van der Waals surface area contributed by atoms with Gasteiger partial charge in [0.2, 0.25) is 11.8 Å². The van der Waals surface area contributed by atoms with Crippen molar-refractivity contribution in [3.8, 4) is 0 Å². The molecule has 0 bridgehead atoms. The summed E-state index contributed by atoms with van der Waals surface area (Å²) in [5, 5.41) is 4.02. The Hall–Kier alpha value is -1.69. The molecular formula is C24H30Cl2N2O2S. The molecule has 0 unspecified atom stereocenters. The summed E-state index contributed by atoms with van der Waals surface area (Å²) in [4.78, 5) is 28.9. The first kappa shape index (κ1) is 25.6. The van der Waals surface area contributed by atoms with E-state index in [1.165, 1.54) is 17.3 Å². The molecule has 0 saturated heterocycles. The number of nitrogens with one attached hydrogen (secondary N) is 1. The van der Waals surface area contributed by atoms with Crippen LogP contribution >= 0.6 is 35.0 Å². The van der Waals surface area contributed by atoms with Gasteiger partial charge in [-0.25, -0.2) is 0 Å². The van der Waals surface area contributed by atoms with E-state index in [0.717, 1.165) is 16.9 Å². The molecule has 168 valence electrons. The Balaban J connectivity index is 2.24. The second-order valence-electron chi connectivity index (χ2n) is 7.60. The summed E-state index contributed by atoms with van der Waals surface area (Å²) in [6.07, 6.45) is 1.33. The first-order valence-corrected chi connectivity index (χ1v) is 12.2. The van der Waals surface area contributed by atoms with Gasteiger partial charge in [-0.3, -0.25) is 9.59 Å². The van der Waals surface area contributed by atoms with Crippen LogP contribution in [0.15, 0.2) is 47.4 Å². The van der Waals surface area contributed by atoms with Crippen molar-refractivity contribution in [2.75, 3.05) is 5.75 Å². The molecule has 0 fully saturated rings. The number of hydrogen-bond acceptors (Lipinski definition) is 3. The normalized spacial score (nSPS) is 12.8. The first-order valence-electron chi connectivity index (χ1n) is 10.5. The molecule has 2 atom stereocenters. The minimum absolute atomic E-state index is 0.0413. The van der Waals surface area contributed by atoms with Gasteiger partial charge in [-0.05, 0) is 56.5 Å². The van der Waals surface area contributed by atoms with Gasteiger partial charge in [-0.15, -0.1) is 11.8 Å². The van der Waals surface area contributed by atoms with E-state index in [1.807, 2.05) is 52.0 Å². The third kappa shape index (κ3) is 7.74. The molecule has 0 heterocycles. The van der Waals surface area contributed by atoms with E-state index in [1.54, 1.807) is 23.1 Å². The molecule has 0 aromatic heterocycles. The molecule has 1 N–H and O–H groups in total. The SMILES string of the molecule is CC[C@@H](C)NC(=O)[C@H](CC)N(Cc1ccc(Cl)cc1Cl)C(=O)CSc1ccc(C)cc1. The summed E-state index contributed by atoms with van der Waals surface area (Å²) in [5.41, 5.74) is 1.93. The minimum Gasteiger partial charge on any atom is -0.352 e. The molecular weight excluding hydrogens is 451 g/mol. The average molecular weight is 481 g/mol. The molecule has 0 saturated carbocycles. The van der Waals surface area contributed by atoms with E-state index < -0.39 is 6.04 Å². The highest BCUT2D eigenvalue weighted by Crippen LogP contribution is 2.25. The van der Waals surface area contributed by atoms with Gasteiger partial charge in [0.15, 0.2) is 0 Å². The number of thioether (sulfide) groups is 1.